The number of rotatable bonds is 5. The molecule has 0 fully saturated rings. The van der Waals surface area contributed by atoms with E-state index in [1.54, 1.807) is 25.2 Å². The standard InChI is InChI=1S/C19H22N2O5S/c1-4-25-14(22)7-8-15(23)26-11(3)17-20-18(24)16-12-6-5-10(2)9-13(12)27-19(16)21-17/h7-8,10-11H,4-6,9H2,1-3H3,(H,20,21,24)/b8-7+/t10-,11-/m1/s1. The molecular weight excluding hydrogens is 368 g/mol. The van der Waals surface area contributed by atoms with Crippen LogP contribution in [0.25, 0.3) is 10.2 Å². The van der Waals surface area contributed by atoms with Crippen molar-refractivity contribution in [2.75, 3.05) is 6.61 Å². The van der Waals surface area contributed by atoms with Crippen LogP contribution in [0.1, 0.15) is 49.6 Å². The zero-order chi connectivity index (χ0) is 19.6. The number of H-pyrrole nitrogens is 1. The van der Waals surface area contributed by atoms with E-state index in [-0.39, 0.29) is 18.0 Å². The van der Waals surface area contributed by atoms with Crippen molar-refractivity contribution in [1.29, 1.82) is 0 Å². The Morgan fingerprint density at radius 3 is 2.85 bits per heavy atom. The van der Waals surface area contributed by atoms with Crippen molar-refractivity contribution in [3.8, 4) is 0 Å². The lowest BCUT2D eigenvalue weighted by atomic mass is 9.89. The third kappa shape index (κ3) is 4.27. The SMILES string of the molecule is CCOC(=O)/C=C/C(=O)O[C@H](C)c1nc2sc3c(c2c(=O)[nH]1)CC[C@@H](C)C3. The number of aryl methyl sites for hydroxylation is 1. The molecule has 3 rings (SSSR count). The number of carbonyl (C=O) groups excluding carboxylic acids is 2. The number of esters is 2. The van der Waals surface area contributed by atoms with Gasteiger partial charge in [-0.2, -0.15) is 0 Å². The van der Waals surface area contributed by atoms with Crippen LogP contribution in [0.5, 0.6) is 0 Å². The van der Waals surface area contributed by atoms with Crippen molar-refractivity contribution in [2.24, 2.45) is 5.92 Å². The van der Waals surface area contributed by atoms with Crippen molar-refractivity contribution in [1.82, 2.24) is 9.97 Å². The fourth-order valence-corrected chi connectivity index (χ4v) is 4.54. The van der Waals surface area contributed by atoms with Gasteiger partial charge in [0.25, 0.3) is 5.56 Å². The third-order valence-corrected chi connectivity index (χ3v) is 5.65. The minimum absolute atomic E-state index is 0.202. The number of thiophene rings is 1. The smallest absolute Gasteiger partial charge is 0.331 e. The fraction of sp³-hybridized carbons (Fsp3) is 0.474. The maximum atomic E-state index is 12.6. The molecule has 144 valence electrons. The van der Waals surface area contributed by atoms with E-state index in [0.29, 0.717) is 16.1 Å². The average Bonchev–Trinajstić information content (AvgIpc) is 2.97. The molecular formula is C19H22N2O5S. The van der Waals surface area contributed by atoms with Crippen molar-refractivity contribution < 1.29 is 19.1 Å². The number of carbonyl (C=O) groups is 2. The highest BCUT2D eigenvalue weighted by Crippen LogP contribution is 2.35. The molecule has 0 spiro atoms. The van der Waals surface area contributed by atoms with Gasteiger partial charge in [-0.15, -0.1) is 11.3 Å². The van der Waals surface area contributed by atoms with Crippen molar-refractivity contribution in [3.05, 3.63) is 38.8 Å². The summed E-state index contributed by atoms with van der Waals surface area (Å²) in [5.41, 5.74) is 0.905. The maximum absolute atomic E-state index is 12.6. The number of nitrogens with one attached hydrogen (secondary N) is 1. The Labute approximate surface area is 160 Å². The van der Waals surface area contributed by atoms with E-state index in [2.05, 4.69) is 16.9 Å². The molecule has 2 aromatic heterocycles. The summed E-state index contributed by atoms with van der Waals surface area (Å²) in [6.45, 7) is 5.73. The number of ether oxygens (including phenoxy) is 2. The first kappa shape index (κ1) is 19.3. The van der Waals surface area contributed by atoms with Crippen LogP contribution >= 0.6 is 11.3 Å². The van der Waals surface area contributed by atoms with Crippen LogP contribution in [-0.2, 0) is 31.9 Å². The number of fused-ring (bicyclic) bond motifs is 3. The normalized spacial score (nSPS) is 17.7. The largest absolute Gasteiger partial charge is 0.463 e. The van der Waals surface area contributed by atoms with Crippen molar-refractivity contribution >= 4 is 33.5 Å². The van der Waals surface area contributed by atoms with Crippen LogP contribution in [0.4, 0.5) is 0 Å². The van der Waals surface area contributed by atoms with Gasteiger partial charge in [0, 0.05) is 17.0 Å². The summed E-state index contributed by atoms with van der Waals surface area (Å²) in [6, 6.07) is 0. The molecule has 2 heterocycles. The van der Waals surface area contributed by atoms with Gasteiger partial charge in [0.1, 0.15) is 4.83 Å². The second-order valence-corrected chi connectivity index (χ2v) is 7.73. The second-order valence-electron chi connectivity index (χ2n) is 6.65. The molecule has 0 unspecified atom stereocenters. The molecule has 0 radical (unpaired) electrons. The molecule has 0 aliphatic heterocycles. The van der Waals surface area contributed by atoms with Crippen LogP contribution in [0, 0.1) is 5.92 Å². The van der Waals surface area contributed by atoms with Gasteiger partial charge in [0.2, 0.25) is 0 Å². The molecule has 8 heteroatoms. The summed E-state index contributed by atoms with van der Waals surface area (Å²) < 4.78 is 9.93. The van der Waals surface area contributed by atoms with Crippen LogP contribution in [-0.4, -0.2) is 28.5 Å². The van der Waals surface area contributed by atoms with Gasteiger partial charge < -0.3 is 14.5 Å². The number of aromatic amines is 1. The third-order valence-electron chi connectivity index (χ3n) is 4.50. The molecule has 0 amide bonds. The first-order chi connectivity index (χ1) is 12.9. The molecule has 0 bridgehead atoms. The van der Waals surface area contributed by atoms with Crippen LogP contribution in [0.2, 0.25) is 0 Å². The van der Waals surface area contributed by atoms with Gasteiger partial charge in [-0.3, -0.25) is 4.79 Å². The Hall–Kier alpha value is -2.48. The lowest BCUT2D eigenvalue weighted by molar-refractivity contribution is -0.144. The molecule has 7 nitrogen and oxygen atoms in total. The van der Waals surface area contributed by atoms with Crippen LogP contribution in [0.15, 0.2) is 16.9 Å². The minimum atomic E-state index is -0.750. The zero-order valence-corrected chi connectivity index (χ0v) is 16.4. The Morgan fingerprint density at radius 2 is 2.11 bits per heavy atom. The van der Waals surface area contributed by atoms with E-state index in [0.717, 1.165) is 37.0 Å². The minimum Gasteiger partial charge on any atom is -0.463 e. The monoisotopic (exact) mass is 390 g/mol. The average molecular weight is 390 g/mol. The number of hydrogen-bond donors (Lipinski definition) is 1. The first-order valence-electron chi connectivity index (χ1n) is 8.99. The van der Waals surface area contributed by atoms with Crippen molar-refractivity contribution in [2.45, 2.75) is 46.1 Å². The van der Waals surface area contributed by atoms with Crippen LogP contribution in [0.3, 0.4) is 0 Å². The van der Waals surface area contributed by atoms with E-state index >= 15 is 0 Å². The van der Waals surface area contributed by atoms with E-state index in [4.69, 9.17) is 9.47 Å². The van der Waals surface area contributed by atoms with Gasteiger partial charge in [0.05, 0.1) is 12.0 Å². The number of aromatic nitrogens is 2. The maximum Gasteiger partial charge on any atom is 0.331 e. The van der Waals surface area contributed by atoms with Gasteiger partial charge in [-0.05, 0) is 44.6 Å². The Bertz CT molecular complexity index is 959. The Balaban J connectivity index is 1.79. The van der Waals surface area contributed by atoms with Crippen molar-refractivity contribution in [3.63, 3.8) is 0 Å². The van der Waals surface area contributed by atoms with E-state index in [1.165, 1.54) is 4.88 Å². The molecule has 2 aromatic rings. The number of hydrogen-bond acceptors (Lipinski definition) is 7. The highest BCUT2D eigenvalue weighted by atomic mass is 32.1. The molecule has 1 aliphatic rings. The van der Waals surface area contributed by atoms with E-state index < -0.39 is 18.0 Å². The predicted octanol–water partition coefficient (Wildman–Crippen LogP) is 2.83. The lowest BCUT2D eigenvalue weighted by Gasteiger charge is -2.17. The number of nitrogens with zero attached hydrogens (tertiary/aromatic N) is 1. The Morgan fingerprint density at radius 1 is 1.37 bits per heavy atom. The highest BCUT2D eigenvalue weighted by Gasteiger charge is 2.24. The Kier molecular flexibility index (Phi) is 5.74. The molecule has 0 aromatic carbocycles. The summed E-state index contributed by atoms with van der Waals surface area (Å²) in [7, 11) is 0. The fourth-order valence-electron chi connectivity index (χ4n) is 3.15. The first-order valence-corrected chi connectivity index (χ1v) is 9.80. The van der Waals surface area contributed by atoms with Gasteiger partial charge in [0.15, 0.2) is 11.9 Å². The molecule has 2 atom stereocenters. The summed E-state index contributed by atoms with van der Waals surface area (Å²) in [6.07, 6.45) is 4.18. The second kappa shape index (κ2) is 8.04. The summed E-state index contributed by atoms with van der Waals surface area (Å²) >= 11 is 1.54. The van der Waals surface area contributed by atoms with Gasteiger partial charge in [-0.25, -0.2) is 14.6 Å². The lowest BCUT2D eigenvalue weighted by Crippen LogP contribution is -2.17. The predicted molar refractivity (Wildman–Crippen MR) is 102 cm³/mol. The molecule has 0 saturated carbocycles. The van der Waals surface area contributed by atoms with Gasteiger partial charge >= 0.3 is 11.9 Å². The van der Waals surface area contributed by atoms with Crippen LogP contribution < -0.4 is 5.56 Å². The zero-order valence-electron chi connectivity index (χ0n) is 15.5. The van der Waals surface area contributed by atoms with E-state index in [9.17, 15) is 14.4 Å². The van der Waals surface area contributed by atoms with Gasteiger partial charge in [-0.1, -0.05) is 6.92 Å². The quantitative estimate of drug-likeness (QED) is 0.623. The molecule has 1 N–H and O–H groups in total. The molecule has 27 heavy (non-hydrogen) atoms. The summed E-state index contributed by atoms with van der Waals surface area (Å²) in [5, 5.41) is 0.659. The summed E-state index contributed by atoms with van der Waals surface area (Å²) in [5.74, 6) is -0.432. The molecule has 0 saturated heterocycles. The topological polar surface area (TPSA) is 98.3 Å². The van der Waals surface area contributed by atoms with E-state index in [1.807, 2.05) is 0 Å². The molecule has 1 aliphatic carbocycles. The highest BCUT2D eigenvalue weighted by molar-refractivity contribution is 7.18. The summed E-state index contributed by atoms with van der Waals surface area (Å²) in [4.78, 5) is 44.8.